The molecule has 0 aromatic heterocycles. The van der Waals surface area contributed by atoms with E-state index >= 15 is 0 Å². The molecule has 3 rings (SSSR count). The number of aliphatic hydroxyl groups is 1. The lowest BCUT2D eigenvalue weighted by molar-refractivity contribution is -0.162. The molecule has 0 saturated heterocycles. The molecule has 0 bridgehead atoms. The molecule has 2 aromatic carbocycles. The number of cyclic esters (lactones) is 1. The summed E-state index contributed by atoms with van der Waals surface area (Å²) < 4.78 is 6.12. The van der Waals surface area contributed by atoms with E-state index in [1.165, 1.54) is 0 Å². The number of carbonyl (C=O) groups is 1. The van der Waals surface area contributed by atoms with Crippen LogP contribution in [0.2, 0.25) is 0 Å². The molecule has 0 amide bonds. The van der Waals surface area contributed by atoms with Gasteiger partial charge >= 0.3 is 5.97 Å². The van der Waals surface area contributed by atoms with Crippen LogP contribution in [0.15, 0.2) is 65.9 Å². The van der Waals surface area contributed by atoms with Crippen molar-refractivity contribution in [1.82, 2.24) is 0 Å². The van der Waals surface area contributed by atoms with Crippen molar-refractivity contribution in [2.24, 2.45) is 5.92 Å². The lowest BCUT2D eigenvalue weighted by atomic mass is 9.78. The first kappa shape index (κ1) is 20.2. The first-order valence-electron chi connectivity index (χ1n) is 10.1. The first-order chi connectivity index (χ1) is 13.3. The fraction of sp³-hybridized carbons (Fsp3) is 0.400. The van der Waals surface area contributed by atoms with Gasteiger partial charge in [-0.1, -0.05) is 75.4 Å². The fourth-order valence-corrected chi connectivity index (χ4v) is 4.12. The van der Waals surface area contributed by atoms with Crippen molar-refractivity contribution >= 4 is 5.97 Å². The minimum atomic E-state index is -0.804. The smallest absolute Gasteiger partial charge is 0.338 e. The summed E-state index contributed by atoms with van der Waals surface area (Å²) in [7, 11) is 0. The summed E-state index contributed by atoms with van der Waals surface area (Å²) in [4.78, 5) is 13.1. The van der Waals surface area contributed by atoms with Gasteiger partial charge in [-0.3, -0.25) is 0 Å². The normalized spacial score (nSPS) is 21.0. The summed E-state index contributed by atoms with van der Waals surface area (Å²) in [6.07, 6.45) is 1.93. The van der Waals surface area contributed by atoms with Crippen molar-refractivity contribution in [2.45, 2.75) is 58.5 Å². The molecule has 2 unspecified atom stereocenters. The molecule has 0 aliphatic carbocycles. The highest BCUT2D eigenvalue weighted by molar-refractivity contribution is 5.92. The van der Waals surface area contributed by atoms with Crippen LogP contribution < -0.4 is 0 Å². The highest BCUT2D eigenvalue weighted by Gasteiger charge is 2.44. The van der Waals surface area contributed by atoms with Crippen LogP contribution in [0.25, 0.3) is 0 Å². The molecule has 28 heavy (non-hydrogen) atoms. The molecule has 0 saturated carbocycles. The van der Waals surface area contributed by atoms with Crippen LogP contribution >= 0.6 is 0 Å². The number of carbonyl (C=O) groups excluding carboxylic acids is 1. The monoisotopic (exact) mass is 378 g/mol. The molecule has 1 aliphatic heterocycles. The van der Waals surface area contributed by atoms with E-state index in [1.807, 2.05) is 68.4 Å². The van der Waals surface area contributed by atoms with Gasteiger partial charge in [0.1, 0.15) is 11.4 Å². The topological polar surface area (TPSA) is 46.5 Å². The molecule has 1 aliphatic rings. The number of ether oxygens (including phenoxy) is 1. The Morgan fingerprint density at radius 3 is 2.29 bits per heavy atom. The Morgan fingerprint density at radius 1 is 1.04 bits per heavy atom. The Balaban J connectivity index is 2.00. The maximum atomic E-state index is 13.1. The van der Waals surface area contributed by atoms with E-state index in [0.29, 0.717) is 24.3 Å². The molecule has 0 spiro atoms. The Hall–Kier alpha value is -2.55. The molecule has 148 valence electrons. The second-order valence-corrected chi connectivity index (χ2v) is 8.30. The van der Waals surface area contributed by atoms with Crippen molar-refractivity contribution in [1.29, 1.82) is 0 Å². The highest BCUT2D eigenvalue weighted by atomic mass is 16.6. The molecule has 2 atom stereocenters. The zero-order chi connectivity index (χ0) is 20.3. The van der Waals surface area contributed by atoms with Gasteiger partial charge in [0.25, 0.3) is 0 Å². The van der Waals surface area contributed by atoms with Crippen LogP contribution in [0.4, 0.5) is 0 Å². The zero-order valence-corrected chi connectivity index (χ0v) is 17.2. The minimum absolute atomic E-state index is 0.152. The van der Waals surface area contributed by atoms with Crippen LogP contribution in [0.3, 0.4) is 0 Å². The van der Waals surface area contributed by atoms with Crippen molar-refractivity contribution in [3.63, 3.8) is 0 Å². The lowest BCUT2D eigenvalue weighted by Gasteiger charge is -2.39. The molecule has 2 aromatic rings. The third-order valence-corrected chi connectivity index (χ3v) is 5.79. The Labute approximate surface area is 168 Å². The van der Waals surface area contributed by atoms with Gasteiger partial charge in [0, 0.05) is 12.3 Å². The van der Waals surface area contributed by atoms with Gasteiger partial charge in [-0.15, -0.1) is 0 Å². The predicted octanol–water partition coefficient (Wildman–Crippen LogP) is 6.19. The molecule has 1 N–H and O–H groups in total. The summed E-state index contributed by atoms with van der Waals surface area (Å²) in [5.41, 5.74) is 2.66. The van der Waals surface area contributed by atoms with Crippen molar-refractivity contribution < 1.29 is 14.6 Å². The van der Waals surface area contributed by atoms with Gasteiger partial charge in [0.2, 0.25) is 0 Å². The summed E-state index contributed by atoms with van der Waals surface area (Å²) in [5.74, 6) is 0.0111. The van der Waals surface area contributed by atoms with Crippen LogP contribution in [0.1, 0.15) is 62.6 Å². The van der Waals surface area contributed by atoms with E-state index in [4.69, 9.17) is 4.74 Å². The van der Waals surface area contributed by atoms with Crippen LogP contribution in [0, 0.1) is 12.8 Å². The van der Waals surface area contributed by atoms with Crippen molar-refractivity contribution in [3.8, 4) is 0 Å². The van der Waals surface area contributed by atoms with E-state index in [9.17, 15) is 9.90 Å². The van der Waals surface area contributed by atoms with E-state index in [-0.39, 0.29) is 11.7 Å². The van der Waals surface area contributed by atoms with Gasteiger partial charge in [-0.05, 0) is 42.4 Å². The standard InChI is InChI=1S/C25H30O3/c1-17(2)14-15-25(20-11-6-5-7-12-20)16-22(26)23(24(27)28-25)19(4)21-13-9-8-10-18(21)3/h5-13,17,19,26H,14-16H2,1-4H3. The predicted molar refractivity (Wildman–Crippen MR) is 112 cm³/mol. The van der Waals surface area contributed by atoms with Crippen LogP contribution in [0.5, 0.6) is 0 Å². The SMILES string of the molecule is Cc1ccccc1C(C)C1=C(O)CC(CCC(C)C)(c2ccccc2)OC1=O. The van der Waals surface area contributed by atoms with Gasteiger partial charge in [-0.25, -0.2) is 4.79 Å². The highest BCUT2D eigenvalue weighted by Crippen LogP contribution is 2.44. The number of aliphatic hydroxyl groups excluding tert-OH is 1. The number of benzene rings is 2. The second kappa shape index (κ2) is 8.22. The number of esters is 1. The molecular weight excluding hydrogens is 348 g/mol. The fourth-order valence-electron chi connectivity index (χ4n) is 4.12. The molecule has 3 nitrogen and oxygen atoms in total. The quantitative estimate of drug-likeness (QED) is 0.610. The van der Waals surface area contributed by atoms with E-state index in [1.54, 1.807) is 0 Å². The molecular formula is C25H30O3. The molecule has 3 heteroatoms. The average molecular weight is 379 g/mol. The molecule has 0 radical (unpaired) electrons. The summed E-state index contributed by atoms with van der Waals surface area (Å²) in [6, 6.07) is 17.8. The number of rotatable bonds is 6. The second-order valence-electron chi connectivity index (χ2n) is 8.30. The van der Waals surface area contributed by atoms with E-state index in [0.717, 1.165) is 23.1 Å². The largest absolute Gasteiger partial charge is 0.512 e. The number of hydrogen-bond acceptors (Lipinski definition) is 3. The van der Waals surface area contributed by atoms with Gasteiger partial charge in [-0.2, -0.15) is 0 Å². The zero-order valence-electron chi connectivity index (χ0n) is 17.2. The van der Waals surface area contributed by atoms with Gasteiger partial charge in [0.05, 0.1) is 5.57 Å². The summed E-state index contributed by atoms with van der Waals surface area (Å²) >= 11 is 0. The van der Waals surface area contributed by atoms with Gasteiger partial charge in [0.15, 0.2) is 0 Å². The molecule has 0 fully saturated rings. The maximum Gasteiger partial charge on any atom is 0.338 e. The number of aryl methyl sites for hydroxylation is 1. The average Bonchev–Trinajstić information content (AvgIpc) is 2.67. The third-order valence-electron chi connectivity index (χ3n) is 5.79. The van der Waals surface area contributed by atoms with Crippen LogP contribution in [-0.2, 0) is 15.1 Å². The Kier molecular flexibility index (Phi) is 5.93. The van der Waals surface area contributed by atoms with Crippen molar-refractivity contribution in [3.05, 3.63) is 82.6 Å². The van der Waals surface area contributed by atoms with Crippen molar-refractivity contribution in [2.75, 3.05) is 0 Å². The molecule has 1 heterocycles. The Bertz CT molecular complexity index is 866. The maximum absolute atomic E-state index is 13.1. The third kappa shape index (κ3) is 3.99. The van der Waals surface area contributed by atoms with Crippen LogP contribution in [-0.4, -0.2) is 11.1 Å². The first-order valence-corrected chi connectivity index (χ1v) is 10.1. The summed E-state index contributed by atoms with van der Waals surface area (Å²) in [5, 5.41) is 11.0. The minimum Gasteiger partial charge on any atom is -0.512 e. The Morgan fingerprint density at radius 2 is 1.68 bits per heavy atom. The van der Waals surface area contributed by atoms with E-state index in [2.05, 4.69) is 13.8 Å². The lowest BCUT2D eigenvalue weighted by Crippen LogP contribution is -2.39. The summed E-state index contributed by atoms with van der Waals surface area (Å²) in [6.45, 7) is 8.29. The van der Waals surface area contributed by atoms with E-state index < -0.39 is 11.6 Å². The number of hydrogen-bond donors (Lipinski definition) is 1. The van der Waals surface area contributed by atoms with Gasteiger partial charge < -0.3 is 9.84 Å².